The van der Waals surface area contributed by atoms with Gasteiger partial charge in [0.05, 0.1) is 12.2 Å². The molecular weight excluding hydrogens is 318 g/mol. The molecular formula is C19H19N3OS. The molecule has 0 aliphatic rings. The number of thiophene rings is 1. The van der Waals surface area contributed by atoms with Crippen molar-refractivity contribution in [1.29, 1.82) is 0 Å². The summed E-state index contributed by atoms with van der Waals surface area (Å²) in [5.41, 5.74) is 3.90. The fraction of sp³-hybridized carbons (Fsp3) is 0.158. The van der Waals surface area contributed by atoms with Gasteiger partial charge in [-0.3, -0.25) is 4.98 Å². The Hall–Kier alpha value is -2.66. The highest BCUT2D eigenvalue weighted by Crippen LogP contribution is 2.15. The molecule has 0 unspecified atom stereocenters. The molecule has 3 aromatic rings. The maximum absolute atomic E-state index is 12.7. The fourth-order valence-corrected chi connectivity index (χ4v) is 3.07. The molecule has 2 amide bonds. The zero-order valence-electron chi connectivity index (χ0n) is 13.5. The summed E-state index contributed by atoms with van der Waals surface area (Å²) < 4.78 is 0. The number of benzene rings is 1. The Morgan fingerprint density at radius 3 is 2.79 bits per heavy atom. The van der Waals surface area contributed by atoms with Gasteiger partial charge in [-0.2, -0.15) is 11.3 Å². The van der Waals surface area contributed by atoms with Crippen molar-refractivity contribution in [3.8, 4) is 0 Å². The van der Waals surface area contributed by atoms with Crippen LogP contribution in [-0.2, 0) is 13.1 Å². The summed E-state index contributed by atoms with van der Waals surface area (Å²) in [4.78, 5) is 18.8. The van der Waals surface area contributed by atoms with Crippen LogP contribution in [0.25, 0.3) is 0 Å². The molecule has 5 heteroatoms. The van der Waals surface area contributed by atoms with Crippen molar-refractivity contribution in [1.82, 2.24) is 9.88 Å². The quantitative estimate of drug-likeness (QED) is 0.734. The number of aromatic nitrogens is 1. The van der Waals surface area contributed by atoms with Gasteiger partial charge < -0.3 is 10.2 Å². The van der Waals surface area contributed by atoms with E-state index in [0.717, 1.165) is 22.5 Å². The van der Waals surface area contributed by atoms with Crippen molar-refractivity contribution < 1.29 is 4.79 Å². The number of hydrogen-bond donors (Lipinski definition) is 1. The number of nitrogens with zero attached hydrogens (tertiary/aromatic N) is 2. The van der Waals surface area contributed by atoms with E-state index in [2.05, 4.69) is 15.7 Å². The second-order valence-corrected chi connectivity index (χ2v) is 6.39. The van der Waals surface area contributed by atoms with Crippen molar-refractivity contribution in [3.63, 3.8) is 0 Å². The van der Waals surface area contributed by atoms with E-state index >= 15 is 0 Å². The van der Waals surface area contributed by atoms with Crippen molar-refractivity contribution in [2.24, 2.45) is 0 Å². The number of urea groups is 1. The summed E-state index contributed by atoms with van der Waals surface area (Å²) in [6.07, 6.45) is 1.75. The van der Waals surface area contributed by atoms with E-state index in [4.69, 9.17) is 0 Å². The minimum Gasteiger partial charge on any atom is -0.314 e. The van der Waals surface area contributed by atoms with Crippen LogP contribution in [0.4, 0.5) is 10.5 Å². The Kier molecular flexibility index (Phi) is 5.23. The second kappa shape index (κ2) is 7.75. The van der Waals surface area contributed by atoms with Crippen LogP contribution >= 0.6 is 11.3 Å². The Morgan fingerprint density at radius 2 is 2.08 bits per heavy atom. The standard InChI is InChI=1S/C19H19N3OS/c1-15-5-4-7-17(11-15)21-19(23)22(12-16-8-10-24-14-16)13-18-6-2-3-9-20-18/h2-11,14H,12-13H2,1H3,(H,21,23). The molecule has 24 heavy (non-hydrogen) atoms. The van der Waals surface area contributed by atoms with Gasteiger partial charge in [0.2, 0.25) is 0 Å². The zero-order chi connectivity index (χ0) is 16.8. The number of hydrogen-bond acceptors (Lipinski definition) is 3. The number of nitrogens with one attached hydrogen (secondary N) is 1. The summed E-state index contributed by atoms with van der Waals surface area (Å²) in [6.45, 7) is 3.03. The lowest BCUT2D eigenvalue weighted by Gasteiger charge is -2.22. The number of pyridine rings is 1. The summed E-state index contributed by atoms with van der Waals surface area (Å²) in [5.74, 6) is 0. The van der Waals surface area contributed by atoms with Gasteiger partial charge in [-0.05, 0) is 59.1 Å². The molecule has 3 rings (SSSR count). The number of rotatable bonds is 5. The molecule has 4 nitrogen and oxygen atoms in total. The molecule has 0 atom stereocenters. The number of amides is 2. The molecule has 0 radical (unpaired) electrons. The predicted molar refractivity (Wildman–Crippen MR) is 98.0 cm³/mol. The lowest BCUT2D eigenvalue weighted by molar-refractivity contribution is 0.206. The number of carbonyl (C=O) groups is 1. The topological polar surface area (TPSA) is 45.2 Å². The molecule has 122 valence electrons. The maximum Gasteiger partial charge on any atom is 0.322 e. The molecule has 0 saturated heterocycles. The molecule has 0 aliphatic heterocycles. The predicted octanol–water partition coefficient (Wildman–Crippen LogP) is 4.69. The van der Waals surface area contributed by atoms with Crippen LogP contribution in [-0.4, -0.2) is 15.9 Å². The SMILES string of the molecule is Cc1cccc(NC(=O)N(Cc2ccsc2)Cc2ccccn2)c1. The number of carbonyl (C=O) groups excluding carboxylic acids is 1. The van der Waals surface area contributed by atoms with Crippen LogP contribution in [0.3, 0.4) is 0 Å². The summed E-state index contributed by atoms with van der Waals surface area (Å²) in [6, 6.07) is 15.5. The fourth-order valence-electron chi connectivity index (χ4n) is 2.42. The van der Waals surface area contributed by atoms with Crippen LogP contribution in [0.2, 0.25) is 0 Å². The van der Waals surface area contributed by atoms with E-state index in [1.165, 1.54) is 0 Å². The first kappa shape index (κ1) is 16.2. The molecule has 0 fully saturated rings. The van der Waals surface area contributed by atoms with Crippen molar-refractivity contribution in [3.05, 3.63) is 82.3 Å². The smallest absolute Gasteiger partial charge is 0.314 e. The molecule has 2 aromatic heterocycles. The lowest BCUT2D eigenvalue weighted by atomic mass is 10.2. The van der Waals surface area contributed by atoms with Crippen molar-refractivity contribution in [2.45, 2.75) is 20.0 Å². The van der Waals surface area contributed by atoms with E-state index in [0.29, 0.717) is 13.1 Å². The Morgan fingerprint density at radius 1 is 1.17 bits per heavy atom. The molecule has 2 heterocycles. The summed E-state index contributed by atoms with van der Waals surface area (Å²) in [5, 5.41) is 7.06. The average molecular weight is 337 g/mol. The highest BCUT2D eigenvalue weighted by atomic mass is 32.1. The first-order chi connectivity index (χ1) is 11.7. The third-order valence-corrected chi connectivity index (χ3v) is 4.32. The van der Waals surface area contributed by atoms with Crippen molar-refractivity contribution in [2.75, 3.05) is 5.32 Å². The zero-order valence-corrected chi connectivity index (χ0v) is 14.3. The maximum atomic E-state index is 12.7. The van der Waals surface area contributed by atoms with Gasteiger partial charge in [-0.15, -0.1) is 0 Å². The highest BCUT2D eigenvalue weighted by molar-refractivity contribution is 7.07. The summed E-state index contributed by atoms with van der Waals surface area (Å²) in [7, 11) is 0. The molecule has 1 N–H and O–H groups in total. The Labute approximate surface area is 145 Å². The van der Waals surface area contributed by atoms with Crippen molar-refractivity contribution >= 4 is 23.1 Å². The Balaban J connectivity index is 1.76. The van der Waals surface area contributed by atoms with E-state index in [-0.39, 0.29) is 6.03 Å². The van der Waals surface area contributed by atoms with E-state index < -0.39 is 0 Å². The molecule has 1 aromatic carbocycles. The molecule has 0 aliphatic carbocycles. The monoisotopic (exact) mass is 337 g/mol. The number of aryl methyl sites for hydroxylation is 1. The van der Waals surface area contributed by atoms with Gasteiger partial charge in [0.25, 0.3) is 0 Å². The minimum absolute atomic E-state index is 0.127. The second-order valence-electron chi connectivity index (χ2n) is 5.61. The highest BCUT2D eigenvalue weighted by Gasteiger charge is 2.15. The van der Waals surface area contributed by atoms with E-state index in [1.54, 1.807) is 22.4 Å². The first-order valence-corrected chi connectivity index (χ1v) is 8.68. The lowest BCUT2D eigenvalue weighted by Crippen LogP contribution is -2.34. The van der Waals surface area contributed by atoms with E-state index in [9.17, 15) is 4.79 Å². The Bertz CT molecular complexity index is 787. The average Bonchev–Trinajstić information content (AvgIpc) is 3.08. The third-order valence-electron chi connectivity index (χ3n) is 3.59. The van der Waals surface area contributed by atoms with Gasteiger partial charge in [0, 0.05) is 18.4 Å². The number of anilines is 1. The van der Waals surface area contributed by atoms with Gasteiger partial charge in [0.15, 0.2) is 0 Å². The minimum atomic E-state index is -0.127. The van der Waals surface area contributed by atoms with Crippen LogP contribution in [0.1, 0.15) is 16.8 Å². The third kappa shape index (κ3) is 4.43. The van der Waals surface area contributed by atoms with Gasteiger partial charge in [-0.25, -0.2) is 4.79 Å². The molecule has 0 spiro atoms. The van der Waals surface area contributed by atoms with E-state index in [1.807, 2.05) is 60.8 Å². The normalized spacial score (nSPS) is 10.4. The molecule has 0 saturated carbocycles. The van der Waals surface area contributed by atoms with Crippen LogP contribution in [0, 0.1) is 6.92 Å². The largest absolute Gasteiger partial charge is 0.322 e. The molecule has 0 bridgehead atoms. The summed E-state index contributed by atoms with van der Waals surface area (Å²) >= 11 is 1.63. The van der Waals surface area contributed by atoms with Crippen LogP contribution in [0.5, 0.6) is 0 Å². The van der Waals surface area contributed by atoms with Crippen LogP contribution in [0.15, 0.2) is 65.5 Å². The first-order valence-electron chi connectivity index (χ1n) is 7.74. The van der Waals surface area contributed by atoms with Gasteiger partial charge in [0.1, 0.15) is 0 Å². The van der Waals surface area contributed by atoms with Crippen LogP contribution < -0.4 is 5.32 Å². The van der Waals surface area contributed by atoms with Gasteiger partial charge >= 0.3 is 6.03 Å². The van der Waals surface area contributed by atoms with Gasteiger partial charge in [-0.1, -0.05) is 18.2 Å².